The quantitative estimate of drug-likeness (QED) is 0.322. The Kier molecular flexibility index (Phi) is 6.26. The minimum absolute atomic E-state index is 0.183. The van der Waals surface area contributed by atoms with E-state index in [2.05, 4.69) is 9.83 Å². The van der Waals surface area contributed by atoms with E-state index in [1.165, 1.54) is 0 Å². The fourth-order valence-electron chi connectivity index (χ4n) is 0.217. The molecule has 1 N–H and O–H groups in total. The number of hydrogen-bond donors (Lipinski definition) is 1. The standard InChI is InChI=1S/C5H10IN/c1-3-4-7-5-6-2/h3-4,7H,2,5H2,1H3/b4-3+. The van der Waals surface area contributed by atoms with Gasteiger partial charge in [-0.05, 0) is 13.1 Å². The Labute approximate surface area is 54.6 Å². The van der Waals surface area contributed by atoms with Gasteiger partial charge < -0.3 is 5.32 Å². The van der Waals surface area contributed by atoms with E-state index in [4.69, 9.17) is 0 Å². The Morgan fingerprint density at radius 3 is 3.00 bits per heavy atom. The van der Waals surface area contributed by atoms with Crippen LogP contribution in [0, 0.1) is 0 Å². The Hall–Kier alpha value is 0.140. The van der Waals surface area contributed by atoms with Gasteiger partial charge in [0.05, 0.1) is 4.55 Å². The zero-order chi connectivity index (χ0) is 5.54. The second kappa shape index (κ2) is 6.14. The molecule has 0 aromatic carbocycles. The lowest BCUT2D eigenvalue weighted by molar-refractivity contribution is 1.08. The van der Waals surface area contributed by atoms with Crippen LogP contribution >= 0.6 is 20.7 Å². The van der Waals surface area contributed by atoms with Crippen molar-refractivity contribution in [2.75, 3.05) is 4.55 Å². The van der Waals surface area contributed by atoms with E-state index in [0.717, 1.165) is 4.55 Å². The predicted octanol–water partition coefficient (Wildman–Crippen LogP) is 1.47. The van der Waals surface area contributed by atoms with Crippen molar-refractivity contribution >= 4 is 25.2 Å². The molecule has 0 unspecified atom stereocenters. The van der Waals surface area contributed by atoms with Crippen molar-refractivity contribution in [3.8, 4) is 0 Å². The Bertz CT molecular complexity index is 68.5. The Balaban J connectivity index is 2.82. The molecule has 0 saturated carbocycles. The molecule has 0 atom stereocenters. The van der Waals surface area contributed by atoms with E-state index < -0.39 is 0 Å². The van der Waals surface area contributed by atoms with Gasteiger partial charge in [0.15, 0.2) is 0 Å². The van der Waals surface area contributed by atoms with Crippen LogP contribution in [0.3, 0.4) is 0 Å². The van der Waals surface area contributed by atoms with Crippen LogP contribution in [0.1, 0.15) is 6.92 Å². The highest BCUT2D eigenvalue weighted by Gasteiger charge is 1.63. The molecule has 0 aromatic heterocycles. The van der Waals surface area contributed by atoms with Gasteiger partial charge >= 0.3 is 0 Å². The van der Waals surface area contributed by atoms with Crippen LogP contribution in [0.15, 0.2) is 12.3 Å². The molecule has 0 rings (SSSR count). The van der Waals surface area contributed by atoms with Crippen molar-refractivity contribution in [2.24, 2.45) is 0 Å². The first-order valence-corrected chi connectivity index (χ1v) is 5.14. The summed E-state index contributed by atoms with van der Waals surface area (Å²) in [5, 5.41) is 3.09. The maximum absolute atomic E-state index is 3.77. The van der Waals surface area contributed by atoms with E-state index in [9.17, 15) is 0 Å². The third kappa shape index (κ3) is 6.14. The van der Waals surface area contributed by atoms with Gasteiger partial charge in [-0.3, -0.25) is 0 Å². The van der Waals surface area contributed by atoms with Gasteiger partial charge in [-0.2, -0.15) is 0 Å². The molecule has 0 aliphatic rings. The van der Waals surface area contributed by atoms with Gasteiger partial charge in [0.1, 0.15) is 0 Å². The molecule has 7 heavy (non-hydrogen) atoms. The summed E-state index contributed by atoms with van der Waals surface area (Å²) in [6, 6.07) is 0. The zero-order valence-corrected chi connectivity index (χ0v) is 6.60. The number of halogens is 1. The summed E-state index contributed by atoms with van der Waals surface area (Å²) in [7, 11) is 0. The highest BCUT2D eigenvalue weighted by molar-refractivity contribution is 14.2. The molecule has 0 bridgehead atoms. The first-order chi connectivity index (χ1) is 3.41. The average Bonchev–Trinajstić information content (AvgIpc) is 1.69. The molecule has 0 saturated heterocycles. The topological polar surface area (TPSA) is 12.0 Å². The van der Waals surface area contributed by atoms with Crippen LogP contribution < -0.4 is 5.32 Å². The van der Waals surface area contributed by atoms with Gasteiger partial charge in [-0.1, -0.05) is 10.6 Å². The second-order valence-corrected chi connectivity index (χ2v) is 2.87. The van der Waals surface area contributed by atoms with Crippen LogP contribution in [0.25, 0.3) is 0 Å². The van der Waals surface area contributed by atoms with Crippen LogP contribution in [0.4, 0.5) is 0 Å². The molecule has 0 aliphatic heterocycles. The minimum Gasteiger partial charge on any atom is -0.383 e. The van der Waals surface area contributed by atoms with E-state index in [-0.39, 0.29) is 20.7 Å². The summed E-state index contributed by atoms with van der Waals surface area (Å²) in [4.78, 5) is 0. The SMILES string of the molecule is C=ICN/C=C/C. The van der Waals surface area contributed by atoms with Crippen molar-refractivity contribution in [2.45, 2.75) is 6.92 Å². The van der Waals surface area contributed by atoms with Crippen molar-refractivity contribution in [3.63, 3.8) is 0 Å². The largest absolute Gasteiger partial charge is 0.383 e. The Morgan fingerprint density at radius 1 is 1.86 bits per heavy atom. The van der Waals surface area contributed by atoms with E-state index in [1.807, 2.05) is 19.2 Å². The fraction of sp³-hybridized carbons (Fsp3) is 0.400. The lowest BCUT2D eigenvalue weighted by Gasteiger charge is -1.87. The summed E-state index contributed by atoms with van der Waals surface area (Å²) in [5.41, 5.74) is 0. The summed E-state index contributed by atoms with van der Waals surface area (Å²) >= 11 is 0.183. The number of alkyl halides is 1. The molecule has 0 spiro atoms. The van der Waals surface area contributed by atoms with Gasteiger partial charge in [0, 0.05) is 0 Å². The van der Waals surface area contributed by atoms with Gasteiger partial charge in [0.25, 0.3) is 0 Å². The predicted molar refractivity (Wildman–Crippen MR) is 44.0 cm³/mol. The molecule has 42 valence electrons. The molecular formula is C5H10IN. The van der Waals surface area contributed by atoms with E-state index in [0.29, 0.717) is 0 Å². The lowest BCUT2D eigenvalue weighted by atomic mass is 10.7. The van der Waals surface area contributed by atoms with Gasteiger partial charge in [-0.25, -0.2) is 0 Å². The molecule has 0 radical (unpaired) electrons. The van der Waals surface area contributed by atoms with Crippen molar-refractivity contribution < 1.29 is 0 Å². The second-order valence-electron chi connectivity index (χ2n) is 1.03. The van der Waals surface area contributed by atoms with Crippen LogP contribution in [-0.2, 0) is 0 Å². The highest BCUT2D eigenvalue weighted by atomic mass is 127. The van der Waals surface area contributed by atoms with Crippen molar-refractivity contribution in [3.05, 3.63) is 12.3 Å². The van der Waals surface area contributed by atoms with Gasteiger partial charge in [-0.15, -0.1) is 20.7 Å². The van der Waals surface area contributed by atoms with Crippen molar-refractivity contribution in [1.29, 1.82) is 0 Å². The first-order valence-electron chi connectivity index (χ1n) is 2.09. The van der Waals surface area contributed by atoms with Crippen LogP contribution in [0.2, 0.25) is 0 Å². The van der Waals surface area contributed by atoms with E-state index in [1.54, 1.807) is 0 Å². The third-order valence-corrected chi connectivity index (χ3v) is 1.44. The molecule has 0 aliphatic carbocycles. The molecule has 0 aromatic rings. The fourth-order valence-corrected chi connectivity index (χ4v) is 0.783. The normalized spacial score (nSPS) is 9.86. The summed E-state index contributed by atoms with van der Waals surface area (Å²) < 4.78 is 4.86. The smallest absolute Gasteiger partial charge is 0.0612 e. The zero-order valence-electron chi connectivity index (χ0n) is 4.45. The number of rotatable bonds is 3. The lowest BCUT2D eigenvalue weighted by Crippen LogP contribution is -1.98. The summed E-state index contributed by atoms with van der Waals surface area (Å²) in [5.74, 6) is 0. The molecule has 0 heterocycles. The van der Waals surface area contributed by atoms with E-state index >= 15 is 0 Å². The number of hydrogen-bond acceptors (Lipinski definition) is 1. The number of allylic oxidation sites excluding steroid dienone is 1. The molecule has 1 nitrogen and oxygen atoms in total. The summed E-state index contributed by atoms with van der Waals surface area (Å²) in [6.45, 7) is 1.99. The first kappa shape index (κ1) is 7.14. The van der Waals surface area contributed by atoms with Gasteiger partial charge in [0.2, 0.25) is 0 Å². The Morgan fingerprint density at radius 2 is 2.57 bits per heavy atom. The molecule has 0 fully saturated rings. The maximum atomic E-state index is 3.77. The monoisotopic (exact) mass is 211 g/mol. The maximum Gasteiger partial charge on any atom is 0.0612 e. The molecule has 0 amide bonds. The molecule has 2 heteroatoms. The highest BCUT2D eigenvalue weighted by Crippen LogP contribution is 1.82. The minimum atomic E-state index is 0.183. The van der Waals surface area contributed by atoms with Crippen LogP contribution in [0.5, 0.6) is 0 Å². The third-order valence-electron chi connectivity index (χ3n) is 0.456. The number of nitrogens with one attached hydrogen (secondary N) is 1. The molecular weight excluding hydrogens is 201 g/mol. The van der Waals surface area contributed by atoms with Crippen molar-refractivity contribution in [1.82, 2.24) is 5.32 Å². The van der Waals surface area contributed by atoms with Crippen LogP contribution in [-0.4, -0.2) is 9.07 Å². The summed E-state index contributed by atoms with van der Waals surface area (Å²) in [6.07, 6.45) is 3.93. The average molecular weight is 211 g/mol.